The molecule has 3 N–H and O–H groups in total. The van der Waals surface area contributed by atoms with Crippen molar-refractivity contribution in [3.05, 3.63) is 22.7 Å². The van der Waals surface area contributed by atoms with Gasteiger partial charge < -0.3 is 15.4 Å². The van der Waals surface area contributed by atoms with Gasteiger partial charge in [0, 0.05) is 12.1 Å². The van der Waals surface area contributed by atoms with Gasteiger partial charge in [0.2, 0.25) is 0 Å². The number of hydrogen-bond donors (Lipinski definition) is 3. The van der Waals surface area contributed by atoms with E-state index in [1.54, 1.807) is 0 Å². The normalized spacial score (nSPS) is 24.2. The van der Waals surface area contributed by atoms with Crippen molar-refractivity contribution in [2.75, 3.05) is 5.32 Å². The number of rotatable bonds is 3. The predicted molar refractivity (Wildman–Crippen MR) is 61.9 cm³/mol. The summed E-state index contributed by atoms with van der Waals surface area (Å²) in [5.41, 5.74) is -0.245. The third-order valence-electron chi connectivity index (χ3n) is 3.09. The molecule has 1 aromatic rings. The lowest BCUT2D eigenvalue weighted by atomic mass is 9.84. The number of anilines is 1. The summed E-state index contributed by atoms with van der Waals surface area (Å²) in [5, 5.41) is 12.2. The summed E-state index contributed by atoms with van der Waals surface area (Å²) < 4.78 is 0. The SMILES string of the molecule is O=C(O)C1CCCCC1Nc1cc(=O)[nH]cn1. The van der Waals surface area contributed by atoms with Gasteiger partial charge in [-0.1, -0.05) is 12.8 Å². The molecule has 0 aliphatic heterocycles. The molecule has 0 saturated heterocycles. The first-order chi connectivity index (χ1) is 8.16. The molecule has 1 saturated carbocycles. The number of nitrogens with one attached hydrogen (secondary N) is 2. The molecule has 0 spiro atoms. The number of aromatic nitrogens is 2. The molecular weight excluding hydrogens is 222 g/mol. The topological polar surface area (TPSA) is 95.1 Å². The van der Waals surface area contributed by atoms with E-state index in [1.165, 1.54) is 12.4 Å². The second-order valence-corrected chi connectivity index (χ2v) is 4.28. The van der Waals surface area contributed by atoms with Gasteiger partial charge in [-0.25, -0.2) is 4.98 Å². The minimum absolute atomic E-state index is 0.143. The van der Waals surface area contributed by atoms with E-state index in [4.69, 9.17) is 5.11 Å². The summed E-state index contributed by atoms with van der Waals surface area (Å²) in [4.78, 5) is 28.6. The maximum absolute atomic E-state index is 11.1. The van der Waals surface area contributed by atoms with Crippen molar-refractivity contribution in [2.24, 2.45) is 5.92 Å². The monoisotopic (exact) mass is 237 g/mol. The Bertz CT molecular complexity index is 457. The highest BCUT2D eigenvalue weighted by atomic mass is 16.4. The van der Waals surface area contributed by atoms with E-state index in [0.717, 1.165) is 19.3 Å². The lowest BCUT2D eigenvalue weighted by molar-refractivity contribution is -0.143. The molecule has 1 heterocycles. The number of hydrogen-bond acceptors (Lipinski definition) is 4. The fraction of sp³-hybridized carbons (Fsp3) is 0.545. The van der Waals surface area contributed by atoms with Crippen LogP contribution in [0.1, 0.15) is 25.7 Å². The first-order valence-electron chi connectivity index (χ1n) is 5.71. The van der Waals surface area contributed by atoms with Gasteiger partial charge in [0.25, 0.3) is 5.56 Å². The summed E-state index contributed by atoms with van der Waals surface area (Å²) >= 11 is 0. The van der Waals surface area contributed by atoms with Gasteiger partial charge in [-0.2, -0.15) is 0 Å². The first-order valence-corrected chi connectivity index (χ1v) is 5.71. The fourth-order valence-corrected chi connectivity index (χ4v) is 2.24. The van der Waals surface area contributed by atoms with Crippen molar-refractivity contribution in [3.63, 3.8) is 0 Å². The number of aromatic amines is 1. The van der Waals surface area contributed by atoms with Gasteiger partial charge in [-0.05, 0) is 12.8 Å². The molecule has 0 aromatic carbocycles. The molecule has 1 fully saturated rings. The molecule has 1 aliphatic carbocycles. The Labute approximate surface area is 98.1 Å². The van der Waals surface area contributed by atoms with Crippen LogP contribution in [0, 0.1) is 5.92 Å². The summed E-state index contributed by atoms with van der Waals surface area (Å²) in [6, 6.07) is 1.20. The highest BCUT2D eigenvalue weighted by molar-refractivity contribution is 5.71. The maximum atomic E-state index is 11.1. The first kappa shape index (κ1) is 11.6. The highest BCUT2D eigenvalue weighted by Gasteiger charge is 2.30. The van der Waals surface area contributed by atoms with Crippen LogP contribution in [0.25, 0.3) is 0 Å². The Hall–Kier alpha value is -1.85. The van der Waals surface area contributed by atoms with Gasteiger partial charge in [0.05, 0.1) is 12.2 Å². The summed E-state index contributed by atoms with van der Waals surface area (Å²) in [7, 11) is 0. The van der Waals surface area contributed by atoms with Crippen LogP contribution in [-0.2, 0) is 4.79 Å². The van der Waals surface area contributed by atoms with Crippen LogP contribution in [0.3, 0.4) is 0 Å². The standard InChI is InChI=1S/C11H15N3O3/c15-10-5-9(12-6-13-10)14-8-4-2-1-3-7(8)11(16)17/h5-8H,1-4H2,(H,16,17)(H2,12,13,14,15). The van der Waals surface area contributed by atoms with Crippen LogP contribution < -0.4 is 10.9 Å². The molecule has 0 radical (unpaired) electrons. The van der Waals surface area contributed by atoms with Gasteiger partial charge in [-0.15, -0.1) is 0 Å². The lowest BCUT2D eigenvalue weighted by Crippen LogP contribution is -2.37. The number of nitrogens with zero attached hydrogens (tertiary/aromatic N) is 1. The lowest BCUT2D eigenvalue weighted by Gasteiger charge is -2.29. The second-order valence-electron chi connectivity index (χ2n) is 4.28. The molecular formula is C11H15N3O3. The molecule has 2 unspecified atom stereocenters. The largest absolute Gasteiger partial charge is 0.481 e. The molecule has 0 bridgehead atoms. The molecule has 17 heavy (non-hydrogen) atoms. The molecule has 2 rings (SSSR count). The van der Waals surface area contributed by atoms with Gasteiger partial charge in [-0.3, -0.25) is 9.59 Å². The van der Waals surface area contributed by atoms with Crippen LogP contribution in [0.4, 0.5) is 5.82 Å². The van der Waals surface area contributed by atoms with E-state index < -0.39 is 11.9 Å². The van der Waals surface area contributed by atoms with Gasteiger partial charge >= 0.3 is 5.97 Å². The molecule has 0 amide bonds. The van der Waals surface area contributed by atoms with Crippen LogP contribution in [0.5, 0.6) is 0 Å². The maximum Gasteiger partial charge on any atom is 0.308 e. The van der Waals surface area contributed by atoms with Crippen LogP contribution in [-0.4, -0.2) is 27.1 Å². The quantitative estimate of drug-likeness (QED) is 0.723. The van der Waals surface area contributed by atoms with E-state index in [9.17, 15) is 9.59 Å². The van der Waals surface area contributed by atoms with E-state index >= 15 is 0 Å². The Morgan fingerprint density at radius 3 is 2.94 bits per heavy atom. The Morgan fingerprint density at radius 1 is 1.47 bits per heavy atom. The molecule has 6 heteroatoms. The number of H-pyrrole nitrogens is 1. The Kier molecular flexibility index (Phi) is 3.41. The van der Waals surface area contributed by atoms with E-state index in [0.29, 0.717) is 12.2 Å². The third-order valence-corrected chi connectivity index (χ3v) is 3.09. The molecule has 6 nitrogen and oxygen atoms in total. The van der Waals surface area contributed by atoms with Crippen LogP contribution in [0.15, 0.2) is 17.2 Å². The van der Waals surface area contributed by atoms with Crippen LogP contribution >= 0.6 is 0 Å². The van der Waals surface area contributed by atoms with Gasteiger partial charge in [0.15, 0.2) is 0 Å². The van der Waals surface area contributed by atoms with Crippen molar-refractivity contribution in [1.29, 1.82) is 0 Å². The average molecular weight is 237 g/mol. The minimum Gasteiger partial charge on any atom is -0.481 e. The van der Waals surface area contributed by atoms with Crippen molar-refractivity contribution in [2.45, 2.75) is 31.7 Å². The van der Waals surface area contributed by atoms with E-state index in [2.05, 4.69) is 15.3 Å². The zero-order valence-corrected chi connectivity index (χ0v) is 9.35. The summed E-state index contributed by atoms with van der Waals surface area (Å²) in [6.45, 7) is 0. The Morgan fingerprint density at radius 2 is 2.24 bits per heavy atom. The summed E-state index contributed by atoms with van der Waals surface area (Å²) in [5.74, 6) is -0.747. The smallest absolute Gasteiger partial charge is 0.308 e. The number of carboxylic acids is 1. The number of carboxylic acid groups (broad SMARTS) is 1. The number of carbonyl (C=O) groups is 1. The predicted octanol–water partition coefficient (Wildman–Crippen LogP) is 0.825. The van der Waals surface area contributed by atoms with Gasteiger partial charge in [0.1, 0.15) is 5.82 Å². The van der Waals surface area contributed by atoms with E-state index in [-0.39, 0.29) is 11.6 Å². The van der Waals surface area contributed by atoms with E-state index in [1.807, 2.05) is 0 Å². The number of aliphatic carboxylic acids is 1. The molecule has 2 atom stereocenters. The zero-order valence-electron chi connectivity index (χ0n) is 9.35. The van der Waals surface area contributed by atoms with Crippen molar-refractivity contribution >= 4 is 11.8 Å². The van der Waals surface area contributed by atoms with Crippen LogP contribution in [0.2, 0.25) is 0 Å². The van der Waals surface area contributed by atoms with Crippen molar-refractivity contribution in [3.8, 4) is 0 Å². The third kappa shape index (κ3) is 2.83. The van der Waals surface area contributed by atoms with Crippen molar-refractivity contribution in [1.82, 2.24) is 9.97 Å². The molecule has 1 aliphatic rings. The minimum atomic E-state index is -0.785. The molecule has 92 valence electrons. The second kappa shape index (κ2) is 4.99. The average Bonchev–Trinajstić information content (AvgIpc) is 2.29. The summed E-state index contributed by atoms with van der Waals surface area (Å²) in [6.07, 6.45) is 4.73. The zero-order chi connectivity index (χ0) is 12.3. The highest BCUT2D eigenvalue weighted by Crippen LogP contribution is 2.26. The molecule has 1 aromatic heterocycles. The van der Waals surface area contributed by atoms with Crippen molar-refractivity contribution < 1.29 is 9.90 Å². The fourth-order valence-electron chi connectivity index (χ4n) is 2.24. The Balaban J connectivity index is 2.10.